The number of nitrogens with one attached hydrogen (secondary N) is 2. The van der Waals surface area contributed by atoms with E-state index in [4.69, 9.17) is 4.74 Å². The highest BCUT2D eigenvalue weighted by Crippen LogP contribution is 2.29. The second kappa shape index (κ2) is 11.6. The summed E-state index contributed by atoms with van der Waals surface area (Å²) in [5.41, 5.74) is -0.261. The minimum absolute atomic E-state index is 0.0429. The first-order valence-corrected chi connectivity index (χ1v) is 12.3. The maximum atomic E-state index is 13.0. The van der Waals surface area contributed by atoms with Crippen molar-refractivity contribution in [2.45, 2.75) is 76.3 Å². The predicted octanol–water partition coefficient (Wildman–Crippen LogP) is 3.06. The molecule has 0 saturated heterocycles. The van der Waals surface area contributed by atoms with Crippen LogP contribution < -0.4 is 10.6 Å². The average molecular weight is 471 g/mol. The van der Waals surface area contributed by atoms with E-state index >= 15 is 0 Å². The number of amides is 2. The molecular formula is C27H38N2O5. The van der Waals surface area contributed by atoms with Gasteiger partial charge in [-0.1, -0.05) is 55.3 Å². The van der Waals surface area contributed by atoms with Crippen molar-refractivity contribution in [3.8, 4) is 0 Å². The van der Waals surface area contributed by atoms with Crippen molar-refractivity contribution in [3.05, 3.63) is 48.0 Å². The molecule has 1 aromatic rings. The molecule has 1 aromatic carbocycles. The van der Waals surface area contributed by atoms with Gasteiger partial charge in [0.25, 0.3) is 0 Å². The number of carbonyl (C=O) groups excluding carboxylic acids is 3. The number of benzene rings is 1. The summed E-state index contributed by atoms with van der Waals surface area (Å²) in [5, 5.41) is 15.8. The Balaban J connectivity index is 1.71. The molecule has 0 unspecified atom stereocenters. The van der Waals surface area contributed by atoms with Gasteiger partial charge in [-0.3, -0.25) is 14.4 Å². The molecule has 1 fully saturated rings. The van der Waals surface area contributed by atoms with Crippen molar-refractivity contribution in [3.63, 3.8) is 0 Å². The molecule has 3 N–H and O–H groups in total. The molecule has 1 heterocycles. The van der Waals surface area contributed by atoms with Gasteiger partial charge in [0.05, 0.1) is 29.5 Å². The summed E-state index contributed by atoms with van der Waals surface area (Å²) in [6.07, 6.45) is 8.78. The third-order valence-corrected chi connectivity index (χ3v) is 6.77. The monoisotopic (exact) mass is 470 g/mol. The standard InChI is InChI=1S/C27H38N2O5/c1-26(2)19-34-25(33)22(16-20-10-4-3-5-11-20)13-7-6-12-21(24(32)29-26)17-23(31)28-27(18-30)14-8-9-15-27/h3-7,10-11,21-22,30H,8-9,12-19H2,1-2H3,(H,28,31)(H,29,32)/t21-,22+/m1/s1. The number of ether oxygens (including phenoxy) is 1. The highest BCUT2D eigenvalue weighted by molar-refractivity contribution is 5.86. The van der Waals surface area contributed by atoms with Crippen LogP contribution in [0.25, 0.3) is 0 Å². The zero-order valence-electron chi connectivity index (χ0n) is 20.3. The Kier molecular flexibility index (Phi) is 8.89. The SMILES string of the molecule is CC1(C)COC(=O)[C@H](Cc2ccccc2)CC=CC[C@H](CC(=O)NC2(CO)CCCC2)C(=O)N1. The molecule has 0 bridgehead atoms. The Morgan fingerprint density at radius 3 is 2.38 bits per heavy atom. The van der Waals surface area contributed by atoms with Crippen LogP contribution in [-0.4, -0.2) is 47.2 Å². The number of aliphatic hydroxyl groups excluding tert-OH is 1. The Morgan fingerprint density at radius 2 is 1.74 bits per heavy atom. The van der Waals surface area contributed by atoms with E-state index in [0.29, 0.717) is 19.3 Å². The van der Waals surface area contributed by atoms with Gasteiger partial charge in [-0.15, -0.1) is 0 Å². The molecule has 7 nitrogen and oxygen atoms in total. The van der Waals surface area contributed by atoms with E-state index in [1.54, 1.807) is 0 Å². The van der Waals surface area contributed by atoms with Crippen molar-refractivity contribution in [1.29, 1.82) is 0 Å². The zero-order chi connectivity index (χ0) is 24.6. The fourth-order valence-corrected chi connectivity index (χ4v) is 4.75. The van der Waals surface area contributed by atoms with E-state index in [1.807, 2.05) is 56.3 Å². The van der Waals surface area contributed by atoms with Gasteiger partial charge in [0.2, 0.25) is 11.8 Å². The topological polar surface area (TPSA) is 105 Å². The first kappa shape index (κ1) is 25.9. The lowest BCUT2D eigenvalue weighted by atomic mass is 9.92. The maximum absolute atomic E-state index is 13.0. The van der Waals surface area contributed by atoms with Crippen LogP contribution in [0.4, 0.5) is 0 Å². The van der Waals surface area contributed by atoms with Crippen LogP contribution in [0, 0.1) is 11.8 Å². The van der Waals surface area contributed by atoms with Gasteiger partial charge in [-0.25, -0.2) is 0 Å². The van der Waals surface area contributed by atoms with Crippen molar-refractivity contribution in [2.24, 2.45) is 11.8 Å². The Labute approximate surface area is 202 Å². The number of carbonyl (C=O) groups is 3. The first-order chi connectivity index (χ1) is 16.2. The summed E-state index contributed by atoms with van der Waals surface area (Å²) in [4.78, 5) is 38.7. The van der Waals surface area contributed by atoms with Crippen LogP contribution in [0.2, 0.25) is 0 Å². The molecule has 1 aliphatic heterocycles. The molecular weight excluding hydrogens is 432 g/mol. The minimum atomic E-state index is -0.764. The Morgan fingerprint density at radius 1 is 1.09 bits per heavy atom. The van der Waals surface area contributed by atoms with Gasteiger partial charge in [0.1, 0.15) is 6.61 Å². The minimum Gasteiger partial charge on any atom is -0.463 e. The number of aliphatic hydroxyl groups is 1. The van der Waals surface area contributed by atoms with Gasteiger partial charge in [-0.05, 0) is 51.5 Å². The largest absolute Gasteiger partial charge is 0.463 e. The highest BCUT2D eigenvalue weighted by atomic mass is 16.5. The number of allylic oxidation sites excluding steroid dienone is 2. The Hall–Kier alpha value is -2.67. The number of hydrogen-bond acceptors (Lipinski definition) is 5. The van der Waals surface area contributed by atoms with E-state index in [0.717, 1.165) is 31.2 Å². The van der Waals surface area contributed by atoms with Crippen LogP contribution in [-0.2, 0) is 25.5 Å². The summed E-state index contributed by atoms with van der Waals surface area (Å²) in [6, 6.07) is 9.84. The number of rotatable bonds is 6. The molecule has 2 amide bonds. The molecule has 7 heteroatoms. The van der Waals surface area contributed by atoms with E-state index in [-0.39, 0.29) is 43.3 Å². The van der Waals surface area contributed by atoms with Crippen LogP contribution in [0.15, 0.2) is 42.5 Å². The third-order valence-electron chi connectivity index (χ3n) is 6.77. The number of esters is 1. The average Bonchev–Trinajstić information content (AvgIpc) is 3.27. The van der Waals surface area contributed by atoms with E-state index in [1.165, 1.54) is 0 Å². The van der Waals surface area contributed by atoms with Crippen LogP contribution >= 0.6 is 0 Å². The van der Waals surface area contributed by atoms with Gasteiger partial charge < -0.3 is 20.5 Å². The molecule has 2 aliphatic rings. The summed E-state index contributed by atoms with van der Waals surface area (Å²) < 4.78 is 5.60. The molecule has 186 valence electrons. The van der Waals surface area contributed by atoms with Gasteiger partial charge in [0.15, 0.2) is 0 Å². The lowest BCUT2D eigenvalue weighted by molar-refractivity contribution is -0.151. The maximum Gasteiger partial charge on any atom is 0.309 e. The molecule has 0 aromatic heterocycles. The van der Waals surface area contributed by atoms with Gasteiger partial charge in [0, 0.05) is 6.42 Å². The lowest BCUT2D eigenvalue weighted by Gasteiger charge is -2.31. The van der Waals surface area contributed by atoms with Crippen molar-refractivity contribution >= 4 is 17.8 Å². The summed E-state index contributed by atoms with van der Waals surface area (Å²) in [5.74, 6) is -1.61. The van der Waals surface area contributed by atoms with E-state index in [9.17, 15) is 19.5 Å². The highest BCUT2D eigenvalue weighted by Gasteiger charge is 2.36. The van der Waals surface area contributed by atoms with E-state index in [2.05, 4.69) is 10.6 Å². The summed E-state index contributed by atoms with van der Waals surface area (Å²) >= 11 is 0. The molecule has 3 rings (SSSR count). The Bertz CT molecular complexity index is 874. The second-order valence-electron chi connectivity index (χ2n) is 10.4. The zero-order valence-corrected chi connectivity index (χ0v) is 20.3. The summed E-state index contributed by atoms with van der Waals surface area (Å²) in [6.45, 7) is 3.58. The van der Waals surface area contributed by atoms with Crippen molar-refractivity contribution < 1.29 is 24.2 Å². The molecule has 1 aliphatic carbocycles. The summed E-state index contributed by atoms with van der Waals surface area (Å²) in [7, 11) is 0. The third kappa shape index (κ3) is 7.42. The molecule has 0 spiro atoms. The first-order valence-electron chi connectivity index (χ1n) is 12.3. The molecule has 1 saturated carbocycles. The number of cyclic esters (lactones) is 1. The lowest BCUT2D eigenvalue weighted by Crippen LogP contribution is -2.52. The predicted molar refractivity (Wildman–Crippen MR) is 130 cm³/mol. The van der Waals surface area contributed by atoms with Crippen molar-refractivity contribution in [2.75, 3.05) is 13.2 Å². The second-order valence-corrected chi connectivity index (χ2v) is 10.4. The fraction of sp³-hybridized carbons (Fsp3) is 0.593. The molecule has 2 atom stereocenters. The van der Waals surface area contributed by atoms with Gasteiger partial charge >= 0.3 is 5.97 Å². The van der Waals surface area contributed by atoms with Crippen LogP contribution in [0.5, 0.6) is 0 Å². The van der Waals surface area contributed by atoms with Gasteiger partial charge in [-0.2, -0.15) is 0 Å². The van der Waals surface area contributed by atoms with E-state index < -0.39 is 17.0 Å². The quantitative estimate of drug-likeness (QED) is 0.438. The van der Waals surface area contributed by atoms with Crippen molar-refractivity contribution in [1.82, 2.24) is 10.6 Å². The molecule has 0 radical (unpaired) electrons. The number of hydrogen-bond donors (Lipinski definition) is 3. The smallest absolute Gasteiger partial charge is 0.309 e. The molecule has 34 heavy (non-hydrogen) atoms. The normalized spacial score (nSPS) is 24.9. The van der Waals surface area contributed by atoms with Crippen LogP contribution in [0.3, 0.4) is 0 Å². The fourth-order valence-electron chi connectivity index (χ4n) is 4.75. The van der Waals surface area contributed by atoms with Crippen LogP contribution in [0.1, 0.15) is 64.4 Å².